The standard InChI is InChI=1S/C16H22FNO2/c1-3-20-15(19)16(9-6-10-18(2)12-16)11-13-7-4-5-8-14(13)17/h4-5,7-8H,3,6,9-12H2,1-2H3. The first-order valence-electron chi connectivity index (χ1n) is 7.16. The van der Waals surface area contributed by atoms with Crippen LogP contribution < -0.4 is 0 Å². The lowest BCUT2D eigenvalue weighted by Gasteiger charge is -2.39. The molecule has 1 atom stereocenters. The maximum Gasteiger partial charge on any atom is 0.313 e. The highest BCUT2D eigenvalue weighted by atomic mass is 19.1. The van der Waals surface area contributed by atoms with E-state index < -0.39 is 5.41 Å². The van der Waals surface area contributed by atoms with Crippen LogP contribution in [0.3, 0.4) is 0 Å². The normalized spacial score (nSPS) is 23.6. The van der Waals surface area contributed by atoms with Crippen LogP contribution in [0, 0.1) is 11.2 Å². The van der Waals surface area contributed by atoms with E-state index in [1.54, 1.807) is 19.1 Å². The predicted octanol–water partition coefficient (Wildman–Crippen LogP) is 2.64. The van der Waals surface area contributed by atoms with Crippen molar-refractivity contribution >= 4 is 5.97 Å². The highest BCUT2D eigenvalue weighted by Crippen LogP contribution is 2.35. The first-order valence-corrected chi connectivity index (χ1v) is 7.16. The fraction of sp³-hybridized carbons (Fsp3) is 0.562. The number of rotatable bonds is 4. The van der Waals surface area contributed by atoms with E-state index in [1.807, 2.05) is 13.1 Å². The zero-order valence-corrected chi connectivity index (χ0v) is 12.2. The van der Waals surface area contributed by atoms with Crippen molar-refractivity contribution in [1.29, 1.82) is 0 Å². The molecule has 0 bridgehead atoms. The summed E-state index contributed by atoms with van der Waals surface area (Å²) >= 11 is 0. The first kappa shape index (κ1) is 15.0. The number of hydrogen-bond donors (Lipinski definition) is 0. The Hall–Kier alpha value is -1.42. The lowest BCUT2D eigenvalue weighted by Crippen LogP contribution is -2.48. The third kappa shape index (κ3) is 3.18. The predicted molar refractivity (Wildman–Crippen MR) is 75.9 cm³/mol. The van der Waals surface area contributed by atoms with Crippen LogP contribution in [-0.4, -0.2) is 37.6 Å². The number of halogens is 1. The highest BCUT2D eigenvalue weighted by molar-refractivity contribution is 5.77. The van der Waals surface area contributed by atoms with Crippen LogP contribution in [0.15, 0.2) is 24.3 Å². The molecule has 1 unspecified atom stereocenters. The molecule has 1 aromatic rings. The molecule has 0 spiro atoms. The van der Waals surface area contributed by atoms with Gasteiger partial charge in [0.1, 0.15) is 5.82 Å². The molecule has 0 N–H and O–H groups in total. The van der Waals surface area contributed by atoms with Crippen molar-refractivity contribution in [3.63, 3.8) is 0 Å². The second-order valence-electron chi connectivity index (χ2n) is 5.61. The molecule has 0 amide bonds. The summed E-state index contributed by atoms with van der Waals surface area (Å²) in [5.41, 5.74) is -0.0265. The Balaban J connectivity index is 2.27. The van der Waals surface area contributed by atoms with E-state index >= 15 is 0 Å². The van der Waals surface area contributed by atoms with Gasteiger partial charge in [0.15, 0.2) is 0 Å². The fourth-order valence-electron chi connectivity index (χ4n) is 3.04. The molecule has 110 valence electrons. The smallest absolute Gasteiger partial charge is 0.313 e. The number of nitrogens with zero attached hydrogens (tertiary/aromatic N) is 1. The number of hydrogen-bond acceptors (Lipinski definition) is 3. The summed E-state index contributed by atoms with van der Waals surface area (Å²) in [5.74, 6) is -0.445. The summed E-state index contributed by atoms with van der Waals surface area (Å²) in [4.78, 5) is 14.5. The van der Waals surface area contributed by atoms with Crippen molar-refractivity contribution in [1.82, 2.24) is 4.90 Å². The molecular weight excluding hydrogens is 257 g/mol. The van der Waals surface area contributed by atoms with Gasteiger partial charge in [0, 0.05) is 6.54 Å². The van der Waals surface area contributed by atoms with Crippen LogP contribution in [0.4, 0.5) is 4.39 Å². The Bertz CT molecular complexity index is 477. The SMILES string of the molecule is CCOC(=O)C1(Cc2ccccc2F)CCCN(C)C1. The second kappa shape index (κ2) is 6.35. The van der Waals surface area contributed by atoms with Crippen LogP contribution in [0.25, 0.3) is 0 Å². The lowest BCUT2D eigenvalue weighted by molar-refractivity contribution is -0.158. The Morgan fingerprint density at radius 1 is 1.45 bits per heavy atom. The van der Waals surface area contributed by atoms with Gasteiger partial charge in [-0.2, -0.15) is 0 Å². The van der Waals surface area contributed by atoms with Crippen molar-refractivity contribution in [2.45, 2.75) is 26.2 Å². The van der Waals surface area contributed by atoms with Gasteiger partial charge in [-0.05, 0) is 51.4 Å². The molecular formula is C16H22FNO2. The third-order valence-electron chi connectivity index (χ3n) is 3.96. The van der Waals surface area contributed by atoms with Crippen molar-refractivity contribution in [2.75, 3.05) is 26.7 Å². The molecule has 1 heterocycles. The van der Waals surface area contributed by atoms with Crippen LogP contribution in [-0.2, 0) is 16.0 Å². The fourth-order valence-corrected chi connectivity index (χ4v) is 3.04. The zero-order valence-electron chi connectivity index (χ0n) is 12.2. The van der Waals surface area contributed by atoms with Crippen molar-refractivity contribution in [2.24, 2.45) is 5.41 Å². The molecule has 20 heavy (non-hydrogen) atoms. The van der Waals surface area contributed by atoms with Crippen molar-refractivity contribution < 1.29 is 13.9 Å². The van der Waals surface area contributed by atoms with Gasteiger partial charge in [-0.15, -0.1) is 0 Å². The molecule has 1 aliphatic heterocycles. The molecule has 4 heteroatoms. The van der Waals surface area contributed by atoms with Gasteiger partial charge >= 0.3 is 5.97 Å². The lowest BCUT2D eigenvalue weighted by atomic mass is 9.75. The molecule has 0 aromatic heterocycles. The van der Waals surface area contributed by atoms with E-state index in [0.717, 1.165) is 19.4 Å². The van der Waals surface area contributed by atoms with Gasteiger partial charge < -0.3 is 9.64 Å². The minimum Gasteiger partial charge on any atom is -0.466 e. The average Bonchev–Trinajstić information content (AvgIpc) is 2.42. The van der Waals surface area contributed by atoms with E-state index in [-0.39, 0.29) is 11.8 Å². The Kier molecular flexibility index (Phi) is 4.76. The monoisotopic (exact) mass is 279 g/mol. The van der Waals surface area contributed by atoms with Crippen molar-refractivity contribution in [3.8, 4) is 0 Å². The topological polar surface area (TPSA) is 29.5 Å². The van der Waals surface area contributed by atoms with Gasteiger partial charge in [0.25, 0.3) is 0 Å². The minimum atomic E-state index is -0.620. The summed E-state index contributed by atoms with van der Waals surface area (Å²) in [7, 11) is 1.99. The van der Waals surface area contributed by atoms with Crippen LogP contribution in [0.1, 0.15) is 25.3 Å². The molecule has 1 fully saturated rings. The number of carbonyl (C=O) groups excluding carboxylic acids is 1. The molecule has 1 aliphatic rings. The summed E-state index contributed by atoms with van der Waals surface area (Å²) in [6.07, 6.45) is 2.09. The number of piperidine rings is 1. The number of ether oxygens (including phenoxy) is 1. The number of carbonyl (C=O) groups is 1. The zero-order chi connectivity index (χ0) is 14.6. The quantitative estimate of drug-likeness (QED) is 0.794. The second-order valence-corrected chi connectivity index (χ2v) is 5.61. The molecule has 0 radical (unpaired) electrons. The molecule has 0 aliphatic carbocycles. The Labute approximate surface area is 119 Å². The highest BCUT2D eigenvalue weighted by Gasteiger charge is 2.43. The maximum absolute atomic E-state index is 13.9. The number of likely N-dealkylation sites (tertiary alicyclic amines) is 1. The van der Waals surface area contributed by atoms with Gasteiger partial charge in [-0.25, -0.2) is 4.39 Å². The molecule has 1 aromatic carbocycles. The molecule has 1 saturated heterocycles. The summed E-state index contributed by atoms with van der Waals surface area (Å²) < 4.78 is 19.2. The maximum atomic E-state index is 13.9. The van der Waals surface area contributed by atoms with E-state index in [0.29, 0.717) is 25.1 Å². The number of benzene rings is 1. The first-order chi connectivity index (χ1) is 9.57. The summed E-state index contributed by atoms with van der Waals surface area (Å²) in [5, 5.41) is 0. The Morgan fingerprint density at radius 3 is 2.85 bits per heavy atom. The molecule has 2 rings (SSSR count). The van der Waals surface area contributed by atoms with E-state index in [2.05, 4.69) is 4.90 Å². The van der Waals surface area contributed by atoms with Crippen LogP contribution >= 0.6 is 0 Å². The largest absolute Gasteiger partial charge is 0.466 e. The van der Waals surface area contributed by atoms with Gasteiger partial charge in [0.2, 0.25) is 0 Å². The minimum absolute atomic E-state index is 0.199. The molecule has 0 saturated carbocycles. The van der Waals surface area contributed by atoms with Crippen LogP contribution in [0.5, 0.6) is 0 Å². The summed E-state index contributed by atoms with van der Waals surface area (Å²) in [6.45, 7) is 3.77. The number of esters is 1. The van der Waals surface area contributed by atoms with Crippen LogP contribution in [0.2, 0.25) is 0 Å². The van der Waals surface area contributed by atoms with Gasteiger partial charge in [-0.1, -0.05) is 18.2 Å². The summed E-state index contributed by atoms with van der Waals surface area (Å²) in [6, 6.07) is 6.68. The average molecular weight is 279 g/mol. The van der Waals surface area contributed by atoms with Gasteiger partial charge in [0.05, 0.1) is 12.0 Å². The van der Waals surface area contributed by atoms with Crippen molar-refractivity contribution in [3.05, 3.63) is 35.6 Å². The Morgan fingerprint density at radius 2 is 2.20 bits per heavy atom. The molecule has 3 nitrogen and oxygen atoms in total. The van der Waals surface area contributed by atoms with Gasteiger partial charge in [-0.3, -0.25) is 4.79 Å². The van der Waals surface area contributed by atoms with E-state index in [1.165, 1.54) is 6.07 Å². The van der Waals surface area contributed by atoms with E-state index in [4.69, 9.17) is 4.74 Å². The van der Waals surface area contributed by atoms with E-state index in [9.17, 15) is 9.18 Å². The third-order valence-corrected chi connectivity index (χ3v) is 3.96.